The largest absolute Gasteiger partial charge is 0.477 e. The van der Waals surface area contributed by atoms with Gasteiger partial charge in [0, 0.05) is 0 Å². The fourth-order valence-corrected chi connectivity index (χ4v) is 2.73. The van der Waals surface area contributed by atoms with Gasteiger partial charge in [-0.05, 0) is 11.4 Å². The zero-order valence-corrected chi connectivity index (χ0v) is 8.22. The minimum atomic E-state index is -0.958. The van der Waals surface area contributed by atoms with E-state index in [1.807, 2.05) is 11.4 Å². The van der Waals surface area contributed by atoms with Gasteiger partial charge >= 0.3 is 5.97 Å². The second-order valence-electron chi connectivity index (χ2n) is 2.33. The molecule has 1 unspecified atom stereocenters. The second kappa shape index (κ2) is 2.67. The van der Waals surface area contributed by atoms with Gasteiger partial charge in [-0.3, -0.25) is 0 Å². The maximum absolute atomic E-state index is 10.6. The van der Waals surface area contributed by atoms with Crippen molar-refractivity contribution >= 4 is 44.6 Å². The molecule has 0 spiro atoms. The third-order valence-electron chi connectivity index (χ3n) is 1.60. The van der Waals surface area contributed by atoms with Crippen LogP contribution < -0.4 is 0 Å². The number of fused-ring (bicyclic) bond motifs is 1. The number of rotatable bonds is 1. The van der Waals surface area contributed by atoms with Crippen LogP contribution in [0, 0.1) is 0 Å². The Labute approximate surface area is 80.9 Å². The first kappa shape index (κ1) is 7.94. The van der Waals surface area contributed by atoms with Gasteiger partial charge in [0.1, 0.15) is 10.5 Å². The van der Waals surface area contributed by atoms with E-state index in [2.05, 4.69) is 20.9 Å². The molecule has 1 N–H and O–H groups in total. The molecule has 1 aromatic heterocycles. The maximum atomic E-state index is 10.6. The lowest BCUT2D eigenvalue weighted by Crippen LogP contribution is -2.14. The molecule has 12 heavy (non-hydrogen) atoms. The minimum absolute atomic E-state index is 0.178. The van der Waals surface area contributed by atoms with E-state index in [1.165, 1.54) is 11.3 Å². The molecule has 5 heteroatoms. The zero-order chi connectivity index (χ0) is 8.72. The summed E-state index contributed by atoms with van der Waals surface area (Å²) in [6, 6.07) is 1.82. The van der Waals surface area contributed by atoms with Crippen LogP contribution >= 0.6 is 27.3 Å². The highest BCUT2D eigenvalue weighted by atomic mass is 79.9. The van der Waals surface area contributed by atoms with Crippen LogP contribution in [0.1, 0.15) is 9.70 Å². The van der Waals surface area contributed by atoms with Crippen molar-refractivity contribution < 1.29 is 9.90 Å². The van der Waals surface area contributed by atoms with Gasteiger partial charge in [-0.15, -0.1) is 11.3 Å². The lowest BCUT2D eigenvalue weighted by molar-refractivity contribution is -0.129. The number of aliphatic imine (C=N–C) groups is 1. The van der Waals surface area contributed by atoms with Gasteiger partial charge in [0.05, 0.1) is 10.6 Å². The van der Waals surface area contributed by atoms with E-state index in [-0.39, 0.29) is 10.5 Å². The first-order valence-corrected chi connectivity index (χ1v) is 5.03. The summed E-state index contributed by atoms with van der Waals surface area (Å²) in [5, 5.41) is 10.6. The Hall–Kier alpha value is -0.680. The monoisotopic (exact) mass is 245 g/mol. The molecular weight excluding hydrogens is 242 g/mol. The molecule has 1 aliphatic heterocycles. The number of carboxylic acids is 1. The number of hydrogen-bond acceptors (Lipinski definition) is 3. The molecule has 0 amide bonds. The van der Waals surface area contributed by atoms with Gasteiger partial charge < -0.3 is 5.11 Å². The zero-order valence-electron chi connectivity index (χ0n) is 5.82. The van der Waals surface area contributed by atoms with Crippen LogP contribution in [0.5, 0.6) is 0 Å². The summed E-state index contributed by atoms with van der Waals surface area (Å²) in [6.07, 6.45) is 0. The lowest BCUT2D eigenvalue weighted by atomic mass is 10.3. The number of thiophene rings is 1. The number of halogens is 1. The highest BCUT2D eigenvalue weighted by Gasteiger charge is 2.30. The molecule has 0 saturated heterocycles. The molecule has 0 aliphatic carbocycles. The average molecular weight is 246 g/mol. The van der Waals surface area contributed by atoms with E-state index in [9.17, 15) is 4.79 Å². The second-order valence-corrected chi connectivity index (χ2v) is 4.20. The van der Waals surface area contributed by atoms with Crippen molar-refractivity contribution in [3.8, 4) is 0 Å². The molecule has 1 aliphatic rings. The van der Waals surface area contributed by atoms with Crippen molar-refractivity contribution in [2.75, 3.05) is 0 Å². The maximum Gasteiger partial charge on any atom is 0.351 e. The number of carbonyl (C=O) groups is 1. The highest BCUT2D eigenvalue weighted by Crippen LogP contribution is 2.42. The van der Waals surface area contributed by atoms with E-state index in [0.717, 1.165) is 10.6 Å². The third-order valence-corrected chi connectivity index (χ3v) is 3.77. The molecule has 2 heterocycles. The Morgan fingerprint density at radius 3 is 3.08 bits per heavy atom. The van der Waals surface area contributed by atoms with Crippen LogP contribution in [0.25, 0.3) is 0 Å². The summed E-state index contributed by atoms with van der Waals surface area (Å²) < 4.78 is 0. The standard InChI is InChI=1S/C7H4BrNO2S/c8-4-5(7(10)11)9-3-1-2-12-6(3)4/h1-2,4H,(H,10,11). The first-order valence-electron chi connectivity index (χ1n) is 3.23. The Kier molecular flexibility index (Phi) is 1.77. The van der Waals surface area contributed by atoms with Crippen LogP contribution in [-0.2, 0) is 4.79 Å². The van der Waals surface area contributed by atoms with Crippen LogP contribution in [-0.4, -0.2) is 16.8 Å². The van der Waals surface area contributed by atoms with Gasteiger partial charge in [0.2, 0.25) is 0 Å². The molecule has 0 radical (unpaired) electrons. The quantitative estimate of drug-likeness (QED) is 0.773. The molecule has 62 valence electrons. The minimum Gasteiger partial charge on any atom is -0.477 e. The van der Waals surface area contributed by atoms with E-state index in [4.69, 9.17) is 5.11 Å². The van der Waals surface area contributed by atoms with Crippen molar-refractivity contribution in [3.05, 3.63) is 16.3 Å². The number of alkyl halides is 1. The molecule has 2 rings (SSSR count). The Balaban J connectivity index is 2.47. The molecule has 3 nitrogen and oxygen atoms in total. The number of carboxylic acid groups (broad SMARTS) is 1. The van der Waals surface area contributed by atoms with Gasteiger partial charge in [0.15, 0.2) is 0 Å². The highest BCUT2D eigenvalue weighted by molar-refractivity contribution is 9.09. The summed E-state index contributed by atoms with van der Waals surface area (Å²) in [7, 11) is 0. The fourth-order valence-electron chi connectivity index (χ4n) is 1.06. The average Bonchev–Trinajstić information content (AvgIpc) is 2.53. The van der Waals surface area contributed by atoms with Gasteiger partial charge in [-0.25, -0.2) is 9.79 Å². The van der Waals surface area contributed by atoms with Crippen LogP contribution in [0.15, 0.2) is 16.4 Å². The van der Waals surface area contributed by atoms with Crippen molar-refractivity contribution in [1.82, 2.24) is 0 Å². The Bertz CT molecular complexity index is 371. The van der Waals surface area contributed by atoms with E-state index in [1.54, 1.807) is 0 Å². The SMILES string of the molecule is O=C(O)C1=Nc2ccsc2C1Br. The summed E-state index contributed by atoms with van der Waals surface area (Å²) in [5.74, 6) is -0.958. The van der Waals surface area contributed by atoms with Crippen molar-refractivity contribution in [3.63, 3.8) is 0 Å². The fraction of sp³-hybridized carbons (Fsp3) is 0.143. The van der Waals surface area contributed by atoms with Crippen molar-refractivity contribution in [2.24, 2.45) is 4.99 Å². The summed E-state index contributed by atoms with van der Waals surface area (Å²) in [6.45, 7) is 0. The number of nitrogens with zero attached hydrogens (tertiary/aromatic N) is 1. The molecule has 0 saturated carbocycles. The van der Waals surface area contributed by atoms with E-state index < -0.39 is 5.97 Å². The molecule has 0 bridgehead atoms. The normalized spacial score (nSPS) is 20.4. The van der Waals surface area contributed by atoms with E-state index >= 15 is 0 Å². The third kappa shape index (κ3) is 1.01. The summed E-state index contributed by atoms with van der Waals surface area (Å²) >= 11 is 4.80. The lowest BCUT2D eigenvalue weighted by Gasteiger charge is -1.98. The Morgan fingerprint density at radius 1 is 1.75 bits per heavy atom. The molecule has 1 atom stereocenters. The van der Waals surface area contributed by atoms with Crippen LogP contribution in [0.2, 0.25) is 0 Å². The van der Waals surface area contributed by atoms with Gasteiger partial charge in [0.25, 0.3) is 0 Å². The smallest absolute Gasteiger partial charge is 0.351 e. The predicted octanol–water partition coefficient (Wildman–Crippen LogP) is 2.35. The molecule has 0 aromatic carbocycles. The van der Waals surface area contributed by atoms with Crippen LogP contribution in [0.4, 0.5) is 5.69 Å². The van der Waals surface area contributed by atoms with Crippen LogP contribution in [0.3, 0.4) is 0 Å². The summed E-state index contributed by atoms with van der Waals surface area (Å²) in [4.78, 5) is 15.3. The first-order chi connectivity index (χ1) is 5.70. The molecular formula is C7H4BrNO2S. The molecule has 0 fully saturated rings. The molecule has 1 aromatic rings. The topological polar surface area (TPSA) is 49.7 Å². The van der Waals surface area contributed by atoms with Gasteiger partial charge in [-0.1, -0.05) is 15.9 Å². The predicted molar refractivity (Wildman–Crippen MR) is 50.7 cm³/mol. The van der Waals surface area contributed by atoms with Gasteiger partial charge in [-0.2, -0.15) is 0 Å². The van der Waals surface area contributed by atoms with Crippen molar-refractivity contribution in [2.45, 2.75) is 4.83 Å². The summed E-state index contributed by atoms with van der Waals surface area (Å²) in [5.41, 5.74) is 0.955. The Morgan fingerprint density at radius 2 is 2.50 bits per heavy atom. The number of hydrogen-bond donors (Lipinski definition) is 1. The van der Waals surface area contributed by atoms with E-state index in [0.29, 0.717) is 0 Å². The number of aliphatic carboxylic acids is 1. The van der Waals surface area contributed by atoms with Crippen molar-refractivity contribution in [1.29, 1.82) is 0 Å².